The van der Waals surface area contributed by atoms with Crippen molar-refractivity contribution in [3.8, 4) is 11.5 Å². The largest absolute Gasteiger partial charge is 0.490 e. The van der Waals surface area contributed by atoms with Crippen LogP contribution in [0.15, 0.2) is 75.8 Å². The van der Waals surface area contributed by atoms with Crippen molar-refractivity contribution in [1.82, 2.24) is 20.6 Å². The summed E-state index contributed by atoms with van der Waals surface area (Å²) in [5.41, 5.74) is 1.78. The van der Waals surface area contributed by atoms with E-state index in [1.165, 1.54) is 11.8 Å². The minimum absolute atomic E-state index is 0.141. The Hall–Kier alpha value is -5.89. The van der Waals surface area contributed by atoms with Crippen LogP contribution in [0.2, 0.25) is 0 Å². The minimum Gasteiger partial charge on any atom is -0.490 e. The van der Waals surface area contributed by atoms with Crippen molar-refractivity contribution in [3.63, 3.8) is 0 Å². The van der Waals surface area contributed by atoms with E-state index in [0.29, 0.717) is 53.6 Å². The van der Waals surface area contributed by atoms with E-state index in [2.05, 4.69) is 30.6 Å². The molecular formula is C42H48N6O11S2. The number of benzene rings is 2. The van der Waals surface area contributed by atoms with Crippen LogP contribution in [0, 0.1) is 0 Å². The Kier molecular flexibility index (Phi) is 17.7. The molecule has 2 N–H and O–H groups in total. The van der Waals surface area contributed by atoms with E-state index in [0.717, 1.165) is 51.2 Å². The standard InChI is InChI=1S/C21H23N3O5S.C13H13NO3.C8H12N2O3S/c1-21(2,3)29-20(26)24-19-23-18(25)17(30-19)12-13-5-6-15-14(11-13)16(7-8-22-15)28-10-9-27-4;1-16-6-7-17-13-4-5-14-12-3-2-10(9-15)8-11(12)13;1-8(2,3)13-7(12)10-6-9-5(11)4-14-6/h5-8,11-12H,9-10H2,1-4H3,(H,23,24,25,26);2-5,8-9H,6-7H2,1H3;4H2,1-3H3,(H,9,10,11,12)/b17-12-;;. The second-order valence-electron chi connectivity index (χ2n) is 14.7. The molecule has 2 saturated heterocycles. The fourth-order valence-corrected chi connectivity index (χ4v) is 6.39. The molecule has 0 bridgehead atoms. The summed E-state index contributed by atoms with van der Waals surface area (Å²) < 4.78 is 31.4. The number of pyridine rings is 2. The first-order chi connectivity index (χ1) is 29.0. The van der Waals surface area contributed by atoms with Gasteiger partial charge in [-0.1, -0.05) is 17.8 Å². The van der Waals surface area contributed by atoms with Crippen molar-refractivity contribution >= 4 is 92.0 Å². The third-order valence-corrected chi connectivity index (χ3v) is 9.17. The van der Waals surface area contributed by atoms with Gasteiger partial charge in [-0.3, -0.25) is 24.4 Å². The molecule has 0 radical (unpaired) electrons. The third kappa shape index (κ3) is 16.2. The van der Waals surface area contributed by atoms with Gasteiger partial charge >= 0.3 is 12.2 Å². The number of carbonyl (C=O) groups is 5. The second-order valence-corrected chi connectivity index (χ2v) is 16.7. The van der Waals surface area contributed by atoms with Crippen molar-refractivity contribution in [2.75, 3.05) is 46.4 Å². The van der Waals surface area contributed by atoms with Crippen molar-refractivity contribution in [2.24, 2.45) is 9.98 Å². The smallest absolute Gasteiger partial charge is 0.436 e. The summed E-state index contributed by atoms with van der Waals surface area (Å²) in [5.74, 6) is 1.24. The predicted molar refractivity (Wildman–Crippen MR) is 235 cm³/mol. The molecule has 0 spiro atoms. The normalized spacial score (nSPS) is 15.7. The van der Waals surface area contributed by atoms with E-state index >= 15 is 0 Å². The highest BCUT2D eigenvalue weighted by Gasteiger charge is 2.26. The van der Waals surface area contributed by atoms with Gasteiger partial charge in [-0.2, -0.15) is 9.98 Å². The van der Waals surface area contributed by atoms with Gasteiger partial charge in [0.15, 0.2) is 10.3 Å². The van der Waals surface area contributed by atoms with E-state index in [1.54, 1.807) is 98.5 Å². The first-order valence-electron chi connectivity index (χ1n) is 18.7. The molecule has 2 aliphatic rings. The number of hydrogen-bond donors (Lipinski definition) is 2. The van der Waals surface area contributed by atoms with E-state index in [9.17, 15) is 24.0 Å². The predicted octanol–water partition coefficient (Wildman–Crippen LogP) is 6.97. The lowest BCUT2D eigenvalue weighted by molar-refractivity contribution is -0.117. The van der Waals surface area contributed by atoms with E-state index < -0.39 is 23.4 Å². The molecule has 0 saturated carbocycles. The first kappa shape index (κ1) is 47.8. The summed E-state index contributed by atoms with van der Waals surface area (Å²) in [6.07, 6.45) is 4.48. The average Bonchev–Trinajstić information content (AvgIpc) is 3.76. The Morgan fingerprint density at radius 2 is 1.23 bits per heavy atom. The molecule has 61 heavy (non-hydrogen) atoms. The molecular weight excluding hydrogens is 829 g/mol. The van der Waals surface area contributed by atoms with Crippen LogP contribution < -0.4 is 20.1 Å². The molecule has 4 aromatic rings. The summed E-state index contributed by atoms with van der Waals surface area (Å²) in [6.45, 7) is 12.4. The number of rotatable bonds is 10. The van der Waals surface area contributed by atoms with Gasteiger partial charge in [0.2, 0.25) is 5.91 Å². The van der Waals surface area contributed by atoms with E-state index in [4.69, 9.17) is 28.4 Å². The van der Waals surface area contributed by atoms with Gasteiger partial charge in [0.25, 0.3) is 5.91 Å². The van der Waals surface area contributed by atoms with Crippen LogP contribution in [0.1, 0.15) is 57.5 Å². The third-order valence-electron chi connectivity index (χ3n) is 7.38. The van der Waals surface area contributed by atoms with Crippen LogP contribution in [0.4, 0.5) is 9.59 Å². The Bertz CT molecular complexity index is 2320. The van der Waals surface area contributed by atoms with E-state index in [1.807, 2.05) is 24.3 Å². The zero-order chi connectivity index (χ0) is 44.6. The van der Waals surface area contributed by atoms with Gasteiger partial charge in [-0.05, 0) is 107 Å². The van der Waals surface area contributed by atoms with Gasteiger partial charge in [0, 0.05) is 42.9 Å². The van der Waals surface area contributed by atoms with Crippen LogP contribution in [0.3, 0.4) is 0 Å². The Morgan fingerprint density at radius 1 is 0.721 bits per heavy atom. The maximum Gasteiger partial charge on any atom is 0.436 e. The minimum atomic E-state index is -0.749. The molecule has 19 heteroatoms. The SMILES string of the molecule is CC(C)(C)OC(=O)N=C1NC(=O)CS1.COCCOc1ccnc2ccc(/C=C3\SC(=NC(=O)OC(C)(C)C)NC3=O)cc12.COCCOc1ccnc2ccc(C=O)cc12. The lowest BCUT2D eigenvalue weighted by Crippen LogP contribution is -2.25. The topological polar surface area (TPSA) is 215 Å². The highest BCUT2D eigenvalue weighted by molar-refractivity contribution is 8.18. The molecule has 6 rings (SSSR count). The van der Waals surface area contributed by atoms with Crippen LogP contribution in [-0.4, -0.2) is 108 Å². The molecule has 0 aliphatic carbocycles. The summed E-state index contributed by atoms with van der Waals surface area (Å²) in [4.78, 5) is 73.2. The molecule has 2 aromatic carbocycles. The molecule has 2 fully saturated rings. The quantitative estimate of drug-likeness (QED) is 0.0935. The van der Waals surface area contributed by atoms with Gasteiger partial charge in [-0.15, -0.1) is 0 Å². The van der Waals surface area contributed by atoms with Crippen LogP contribution >= 0.6 is 23.5 Å². The molecule has 4 amide bonds. The maximum atomic E-state index is 12.3. The molecule has 0 atom stereocenters. The number of amides is 4. The number of hydrogen-bond acceptors (Lipinski definition) is 15. The zero-order valence-electron chi connectivity index (χ0n) is 35.1. The fourth-order valence-electron chi connectivity index (χ4n) is 4.91. The van der Waals surface area contributed by atoms with E-state index in [-0.39, 0.29) is 17.0 Å². The number of aromatic nitrogens is 2. The number of fused-ring (bicyclic) bond motifs is 2. The monoisotopic (exact) mass is 876 g/mol. The first-order valence-corrected chi connectivity index (χ1v) is 20.5. The fraction of sp³-hybridized carbons (Fsp3) is 0.357. The summed E-state index contributed by atoms with van der Waals surface area (Å²) in [7, 11) is 3.24. The van der Waals surface area contributed by atoms with Crippen molar-refractivity contribution in [2.45, 2.75) is 52.7 Å². The van der Waals surface area contributed by atoms with Gasteiger partial charge < -0.3 is 39.1 Å². The maximum absolute atomic E-state index is 12.3. The lowest BCUT2D eigenvalue weighted by atomic mass is 10.1. The summed E-state index contributed by atoms with van der Waals surface area (Å²) in [6, 6.07) is 14.5. The molecule has 0 unspecified atom stereocenters. The van der Waals surface area contributed by atoms with Crippen LogP contribution in [0.5, 0.6) is 11.5 Å². The number of methoxy groups -OCH3 is 2. The zero-order valence-corrected chi connectivity index (χ0v) is 36.7. The Balaban J connectivity index is 0.000000223. The molecule has 4 heterocycles. The van der Waals surface area contributed by atoms with Crippen molar-refractivity contribution in [1.29, 1.82) is 0 Å². The summed E-state index contributed by atoms with van der Waals surface area (Å²) in [5, 5.41) is 7.19. The molecule has 2 aromatic heterocycles. The van der Waals surface area contributed by atoms with Crippen molar-refractivity contribution < 1.29 is 52.4 Å². The number of ether oxygens (including phenoxy) is 6. The van der Waals surface area contributed by atoms with Gasteiger partial charge in [0.1, 0.15) is 42.2 Å². The molecule has 2 aliphatic heterocycles. The number of aliphatic imine (C=N–C) groups is 2. The number of nitrogens with one attached hydrogen (secondary N) is 2. The highest BCUT2D eigenvalue weighted by Crippen LogP contribution is 2.30. The van der Waals surface area contributed by atoms with Gasteiger partial charge in [-0.25, -0.2) is 9.59 Å². The lowest BCUT2D eigenvalue weighted by Gasteiger charge is -2.17. The Labute approximate surface area is 361 Å². The molecule has 324 valence electrons. The van der Waals surface area contributed by atoms with Crippen LogP contribution in [-0.2, 0) is 28.5 Å². The number of nitrogens with zero attached hydrogens (tertiary/aromatic N) is 4. The number of amidine groups is 2. The average molecular weight is 877 g/mol. The summed E-state index contributed by atoms with van der Waals surface area (Å²) >= 11 is 2.27. The highest BCUT2D eigenvalue weighted by atomic mass is 32.2. The number of thioether (sulfide) groups is 2. The number of carbonyl (C=O) groups excluding carboxylic acids is 5. The number of aldehydes is 1. The van der Waals surface area contributed by atoms with Crippen LogP contribution in [0.25, 0.3) is 27.9 Å². The van der Waals surface area contributed by atoms with Crippen molar-refractivity contribution in [3.05, 3.63) is 77.0 Å². The molecule has 17 nitrogen and oxygen atoms in total. The second kappa shape index (κ2) is 22.6. The van der Waals surface area contributed by atoms with Gasteiger partial charge in [0.05, 0.1) is 34.9 Å². The Morgan fingerprint density at radius 3 is 1.70 bits per heavy atom.